The Morgan fingerprint density at radius 3 is 2.67 bits per heavy atom. The number of aryl methyl sites for hydroxylation is 2. The van der Waals surface area contributed by atoms with Gasteiger partial charge in [0, 0.05) is 29.9 Å². The van der Waals surface area contributed by atoms with Crippen molar-refractivity contribution in [3.63, 3.8) is 0 Å². The lowest BCUT2D eigenvalue weighted by Crippen LogP contribution is -2.48. The molecule has 3 nitrogen and oxygen atoms in total. The molecule has 0 bridgehead atoms. The smallest absolute Gasteiger partial charge is 0.130 e. The van der Waals surface area contributed by atoms with E-state index in [1.165, 1.54) is 41.3 Å². The Labute approximate surface area is 131 Å². The number of morpholine rings is 1. The molecule has 2 heterocycles. The molecule has 1 saturated heterocycles. The minimum absolute atomic E-state index is 0.0132. The van der Waals surface area contributed by atoms with Crippen molar-refractivity contribution in [1.82, 2.24) is 9.88 Å². The fraction of sp³-hybridized carbons (Fsp3) is 0.706. The normalized spacial score (nSPS) is 31.0. The molecule has 4 heteroatoms. The highest BCUT2D eigenvalue weighted by atomic mass is 32.1. The number of aromatic nitrogens is 1. The van der Waals surface area contributed by atoms with Crippen LogP contribution in [0.2, 0.25) is 0 Å². The SMILES string of the molecule is C#CC1CN(C2CCC(c3nc(C)c(C)s3)CC2)CCO1. The predicted octanol–water partition coefficient (Wildman–Crippen LogP) is 3.12. The summed E-state index contributed by atoms with van der Waals surface area (Å²) in [5.74, 6) is 3.41. The first-order valence-corrected chi connectivity index (χ1v) is 8.74. The van der Waals surface area contributed by atoms with E-state index >= 15 is 0 Å². The molecule has 3 rings (SSSR count). The van der Waals surface area contributed by atoms with Gasteiger partial charge in [0.1, 0.15) is 6.10 Å². The van der Waals surface area contributed by atoms with Crippen molar-refractivity contribution in [2.24, 2.45) is 0 Å². The highest BCUT2D eigenvalue weighted by Gasteiger charge is 2.30. The minimum atomic E-state index is -0.0132. The number of rotatable bonds is 2. The van der Waals surface area contributed by atoms with Gasteiger partial charge in [-0.15, -0.1) is 17.8 Å². The second kappa shape index (κ2) is 6.48. The van der Waals surface area contributed by atoms with E-state index < -0.39 is 0 Å². The molecule has 0 amide bonds. The molecule has 1 atom stereocenters. The van der Waals surface area contributed by atoms with Crippen LogP contribution in [0.5, 0.6) is 0 Å². The molecule has 0 spiro atoms. The van der Waals surface area contributed by atoms with Gasteiger partial charge in [-0.1, -0.05) is 5.92 Å². The van der Waals surface area contributed by atoms with Crippen LogP contribution in [-0.4, -0.2) is 41.7 Å². The minimum Gasteiger partial charge on any atom is -0.363 e. The van der Waals surface area contributed by atoms with Gasteiger partial charge in [-0.3, -0.25) is 4.90 Å². The molecule has 114 valence electrons. The Balaban J connectivity index is 1.56. The summed E-state index contributed by atoms with van der Waals surface area (Å²) in [4.78, 5) is 8.67. The molecule has 21 heavy (non-hydrogen) atoms. The molecular weight excluding hydrogens is 280 g/mol. The predicted molar refractivity (Wildman–Crippen MR) is 86.7 cm³/mol. The van der Waals surface area contributed by atoms with Crippen LogP contribution in [-0.2, 0) is 4.74 Å². The number of hydrogen-bond acceptors (Lipinski definition) is 4. The summed E-state index contributed by atoms with van der Waals surface area (Å²) in [7, 11) is 0. The molecule has 2 fully saturated rings. The number of nitrogens with zero attached hydrogens (tertiary/aromatic N) is 2. The zero-order valence-corrected chi connectivity index (χ0v) is 13.8. The highest BCUT2D eigenvalue weighted by Crippen LogP contribution is 2.37. The largest absolute Gasteiger partial charge is 0.363 e. The highest BCUT2D eigenvalue weighted by molar-refractivity contribution is 7.11. The molecule has 1 aliphatic carbocycles. The molecule has 1 saturated carbocycles. The van der Waals surface area contributed by atoms with Gasteiger partial charge in [0.25, 0.3) is 0 Å². The van der Waals surface area contributed by atoms with Gasteiger partial charge >= 0.3 is 0 Å². The summed E-state index contributed by atoms with van der Waals surface area (Å²) in [6.07, 6.45) is 10.5. The van der Waals surface area contributed by atoms with Gasteiger partial charge in [0.15, 0.2) is 0 Å². The Kier molecular flexibility index (Phi) is 4.63. The maximum Gasteiger partial charge on any atom is 0.130 e. The second-order valence-electron chi connectivity index (χ2n) is 6.22. The van der Waals surface area contributed by atoms with E-state index in [4.69, 9.17) is 16.1 Å². The average molecular weight is 304 g/mol. The fourth-order valence-electron chi connectivity index (χ4n) is 3.46. The standard InChI is InChI=1S/C17H24N2OS/c1-4-16-11-19(9-10-20-16)15-7-5-14(6-8-15)17-18-12(2)13(3)21-17/h1,14-16H,5-11H2,2-3H3. The van der Waals surface area contributed by atoms with E-state index in [-0.39, 0.29) is 6.10 Å². The van der Waals surface area contributed by atoms with Crippen LogP contribution in [0.15, 0.2) is 0 Å². The molecule has 1 aliphatic heterocycles. The van der Waals surface area contributed by atoms with Crippen molar-refractivity contribution >= 4 is 11.3 Å². The number of thiazole rings is 1. The maximum absolute atomic E-state index is 5.57. The van der Waals surface area contributed by atoms with Crippen molar-refractivity contribution in [3.05, 3.63) is 15.6 Å². The summed E-state index contributed by atoms with van der Waals surface area (Å²) in [5, 5.41) is 1.35. The quantitative estimate of drug-likeness (QED) is 0.785. The summed E-state index contributed by atoms with van der Waals surface area (Å²) >= 11 is 1.89. The third-order valence-electron chi connectivity index (χ3n) is 4.89. The van der Waals surface area contributed by atoms with E-state index in [9.17, 15) is 0 Å². The number of ether oxygens (including phenoxy) is 1. The van der Waals surface area contributed by atoms with E-state index in [1.54, 1.807) is 0 Å². The van der Waals surface area contributed by atoms with E-state index in [0.29, 0.717) is 12.0 Å². The van der Waals surface area contributed by atoms with Crippen LogP contribution >= 0.6 is 11.3 Å². The molecule has 0 radical (unpaired) electrons. The lowest BCUT2D eigenvalue weighted by atomic mass is 9.85. The van der Waals surface area contributed by atoms with Crippen LogP contribution in [0.1, 0.15) is 47.2 Å². The van der Waals surface area contributed by atoms with Crippen molar-refractivity contribution in [2.45, 2.75) is 57.6 Å². The molecule has 1 aromatic rings. The number of hydrogen-bond donors (Lipinski definition) is 0. The van der Waals surface area contributed by atoms with Gasteiger partial charge in [0.2, 0.25) is 0 Å². The number of terminal acetylenes is 1. The van der Waals surface area contributed by atoms with Crippen LogP contribution in [0.3, 0.4) is 0 Å². The van der Waals surface area contributed by atoms with E-state index in [1.807, 2.05) is 11.3 Å². The van der Waals surface area contributed by atoms with E-state index in [0.717, 1.165) is 19.7 Å². The topological polar surface area (TPSA) is 25.4 Å². The first kappa shape index (κ1) is 15.0. The van der Waals surface area contributed by atoms with Crippen LogP contribution in [0.4, 0.5) is 0 Å². The molecular formula is C17H24N2OS. The molecule has 1 unspecified atom stereocenters. The monoisotopic (exact) mass is 304 g/mol. The van der Waals surface area contributed by atoms with Crippen LogP contribution in [0.25, 0.3) is 0 Å². The van der Waals surface area contributed by atoms with Gasteiger partial charge in [-0.2, -0.15) is 0 Å². The summed E-state index contributed by atoms with van der Waals surface area (Å²) in [6.45, 7) is 7.01. The van der Waals surface area contributed by atoms with Crippen molar-refractivity contribution in [1.29, 1.82) is 0 Å². The second-order valence-corrected chi connectivity index (χ2v) is 7.45. The third-order valence-corrected chi connectivity index (χ3v) is 6.13. The lowest BCUT2D eigenvalue weighted by molar-refractivity contribution is -0.0231. The van der Waals surface area contributed by atoms with Gasteiger partial charge < -0.3 is 4.74 Å². The maximum atomic E-state index is 5.57. The summed E-state index contributed by atoms with van der Waals surface area (Å²) < 4.78 is 5.57. The zero-order valence-electron chi connectivity index (χ0n) is 13.0. The van der Waals surface area contributed by atoms with Crippen molar-refractivity contribution in [2.75, 3.05) is 19.7 Å². The van der Waals surface area contributed by atoms with Gasteiger partial charge in [0.05, 0.1) is 17.3 Å². The Morgan fingerprint density at radius 1 is 1.29 bits per heavy atom. The van der Waals surface area contributed by atoms with Gasteiger partial charge in [-0.25, -0.2) is 4.98 Å². The molecule has 1 aromatic heterocycles. The van der Waals surface area contributed by atoms with Crippen molar-refractivity contribution in [3.8, 4) is 12.3 Å². The Morgan fingerprint density at radius 2 is 2.05 bits per heavy atom. The Hall–Kier alpha value is -0.890. The lowest BCUT2D eigenvalue weighted by Gasteiger charge is -2.40. The third kappa shape index (κ3) is 3.31. The Bertz CT molecular complexity index is 506. The van der Waals surface area contributed by atoms with Crippen LogP contribution < -0.4 is 0 Å². The average Bonchev–Trinajstić information content (AvgIpc) is 2.87. The zero-order chi connectivity index (χ0) is 14.8. The molecule has 2 aliphatic rings. The van der Waals surface area contributed by atoms with Crippen LogP contribution in [0, 0.1) is 26.2 Å². The molecule has 0 N–H and O–H groups in total. The summed E-state index contributed by atoms with van der Waals surface area (Å²) in [5.41, 5.74) is 1.21. The summed E-state index contributed by atoms with van der Waals surface area (Å²) in [6, 6.07) is 0.683. The molecule has 0 aromatic carbocycles. The van der Waals surface area contributed by atoms with Crippen molar-refractivity contribution < 1.29 is 4.74 Å². The van der Waals surface area contributed by atoms with E-state index in [2.05, 4.69) is 24.7 Å². The van der Waals surface area contributed by atoms with Gasteiger partial charge in [-0.05, 0) is 39.5 Å². The first-order chi connectivity index (χ1) is 10.2. The first-order valence-electron chi connectivity index (χ1n) is 7.93. The fourth-order valence-corrected chi connectivity index (χ4v) is 4.55.